The summed E-state index contributed by atoms with van der Waals surface area (Å²) in [6, 6.07) is 2.24. The second-order valence-electron chi connectivity index (χ2n) is 3.44. The fourth-order valence-corrected chi connectivity index (χ4v) is 1.25. The molecule has 100 valence electrons. The molecule has 0 radical (unpaired) electrons. The van der Waals surface area contributed by atoms with Gasteiger partial charge in [-0.3, -0.25) is 0 Å². The highest BCUT2D eigenvalue weighted by Gasteiger charge is 2.32. The van der Waals surface area contributed by atoms with Crippen molar-refractivity contribution < 1.29 is 32.9 Å². The molecule has 0 heterocycles. The second-order valence-corrected chi connectivity index (χ2v) is 3.44. The van der Waals surface area contributed by atoms with Crippen LogP contribution in [-0.2, 0) is 6.18 Å². The summed E-state index contributed by atoms with van der Waals surface area (Å²) >= 11 is 0. The molecule has 2 N–H and O–H groups in total. The highest BCUT2D eigenvalue weighted by molar-refractivity contribution is 5.91. The summed E-state index contributed by atoms with van der Waals surface area (Å²) in [6.45, 7) is -0.120. The Morgan fingerprint density at radius 2 is 2.00 bits per heavy atom. The molecule has 0 aromatic heterocycles. The lowest BCUT2D eigenvalue weighted by Gasteiger charge is -2.12. The number of benzene rings is 1. The molecule has 0 spiro atoms. The van der Waals surface area contributed by atoms with Crippen LogP contribution in [0.3, 0.4) is 0 Å². The van der Waals surface area contributed by atoms with Crippen LogP contribution in [0.4, 0.5) is 13.2 Å². The third kappa shape index (κ3) is 3.63. The molecule has 0 saturated carbocycles. The van der Waals surface area contributed by atoms with Gasteiger partial charge in [0.2, 0.25) is 0 Å². The van der Waals surface area contributed by atoms with Gasteiger partial charge in [0, 0.05) is 13.0 Å². The van der Waals surface area contributed by atoms with Gasteiger partial charge in [-0.1, -0.05) is 0 Å². The smallest absolute Gasteiger partial charge is 0.416 e. The zero-order chi connectivity index (χ0) is 13.8. The second kappa shape index (κ2) is 5.72. The van der Waals surface area contributed by atoms with Crippen LogP contribution in [0.15, 0.2) is 18.2 Å². The maximum absolute atomic E-state index is 12.4. The Morgan fingerprint density at radius 1 is 1.33 bits per heavy atom. The first kappa shape index (κ1) is 14.3. The van der Waals surface area contributed by atoms with E-state index in [0.29, 0.717) is 6.07 Å². The summed E-state index contributed by atoms with van der Waals surface area (Å²) in [5.74, 6) is -1.65. The van der Waals surface area contributed by atoms with Crippen LogP contribution >= 0.6 is 0 Å². The van der Waals surface area contributed by atoms with E-state index in [0.717, 1.165) is 12.1 Å². The van der Waals surface area contributed by atoms with Crippen LogP contribution in [0.2, 0.25) is 0 Å². The van der Waals surface area contributed by atoms with E-state index >= 15 is 0 Å². The number of halogens is 3. The van der Waals surface area contributed by atoms with E-state index in [1.54, 1.807) is 0 Å². The van der Waals surface area contributed by atoms with Gasteiger partial charge >= 0.3 is 12.1 Å². The maximum Gasteiger partial charge on any atom is 0.416 e. The first-order valence-electron chi connectivity index (χ1n) is 5.04. The summed E-state index contributed by atoms with van der Waals surface area (Å²) in [5.41, 5.74) is -1.60. The zero-order valence-corrected chi connectivity index (χ0v) is 9.20. The molecule has 0 saturated heterocycles. The van der Waals surface area contributed by atoms with Crippen molar-refractivity contribution in [2.45, 2.75) is 12.6 Å². The number of alkyl halides is 3. The molecule has 0 atom stereocenters. The van der Waals surface area contributed by atoms with Gasteiger partial charge in [-0.05, 0) is 18.2 Å². The number of rotatable bonds is 5. The van der Waals surface area contributed by atoms with E-state index < -0.39 is 23.3 Å². The summed E-state index contributed by atoms with van der Waals surface area (Å²) in [4.78, 5) is 10.8. The number of aliphatic hydroxyl groups is 1. The molecule has 1 aromatic carbocycles. The van der Waals surface area contributed by atoms with Crippen molar-refractivity contribution in [3.63, 3.8) is 0 Å². The fraction of sp³-hybridized carbons (Fsp3) is 0.364. The number of carboxylic acids is 1. The molecule has 0 aliphatic heterocycles. The lowest BCUT2D eigenvalue weighted by molar-refractivity contribution is -0.137. The molecule has 1 rings (SSSR count). The van der Waals surface area contributed by atoms with Gasteiger partial charge in [0.05, 0.1) is 12.2 Å². The number of hydrogen-bond donors (Lipinski definition) is 2. The van der Waals surface area contributed by atoms with E-state index in [1.165, 1.54) is 0 Å². The van der Waals surface area contributed by atoms with Crippen LogP contribution in [0.5, 0.6) is 5.75 Å². The van der Waals surface area contributed by atoms with Crippen molar-refractivity contribution in [1.82, 2.24) is 0 Å². The van der Waals surface area contributed by atoms with E-state index in [4.69, 9.17) is 14.9 Å². The standard InChI is InChI=1S/C11H11F3O4/c12-11(13,14)7-2-3-9(18-5-1-4-15)8(6-7)10(16)17/h2-3,6,15H,1,4-5H2,(H,16,17). The van der Waals surface area contributed by atoms with Crippen LogP contribution in [0.1, 0.15) is 22.3 Å². The molecule has 18 heavy (non-hydrogen) atoms. The molecule has 1 aromatic rings. The van der Waals surface area contributed by atoms with Gasteiger partial charge < -0.3 is 14.9 Å². The minimum Gasteiger partial charge on any atom is -0.493 e. The number of aliphatic hydroxyl groups excluding tert-OH is 1. The zero-order valence-electron chi connectivity index (χ0n) is 9.20. The number of aromatic carboxylic acids is 1. The normalized spacial score (nSPS) is 11.3. The summed E-state index contributed by atoms with van der Waals surface area (Å²) in [6.07, 6.45) is -4.34. The average Bonchev–Trinajstić information content (AvgIpc) is 2.28. The van der Waals surface area contributed by atoms with Crippen LogP contribution in [0, 0.1) is 0 Å². The van der Waals surface area contributed by atoms with Gasteiger partial charge in [-0.25, -0.2) is 4.79 Å². The molecule has 0 amide bonds. The Labute approximate surface area is 101 Å². The maximum atomic E-state index is 12.4. The summed E-state index contributed by atoms with van der Waals surface area (Å²) < 4.78 is 42.2. The number of carboxylic acid groups (broad SMARTS) is 1. The van der Waals surface area contributed by atoms with Gasteiger partial charge in [-0.2, -0.15) is 13.2 Å². The Kier molecular flexibility index (Phi) is 4.55. The van der Waals surface area contributed by atoms with Gasteiger partial charge in [0.25, 0.3) is 0 Å². The summed E-state index contributed by atoms with van der Waals surface area (Å²) in [7, 11) is 0. The van der Waals surface area contributed by atoms with Crippen molar-refractivity contribution >= 4 is 5.97 Å². The van der Waals surface area contributed by atoms with E-state index in [1.807, 2.05) is 0 Å². The average molecular weight is 264 g/mol. The molecule has 0 aliphatic carbocycles. The Balaban J connectivity index is 3.01. The number of hydrogen-bond acceptors (Lipinski definition) is 3. The Morgan fingerprint density at radius 3 is 2.50 bits per heavy atom. The molecule has 0 bridgehead atoms. The van der Waals surface area contributed by atoms with Crippen molar-refractivity contribution in [1.29, 1.82) is 0 Å². The highest BCUT2D eigenvalue weighted by atomic mass is 19.4. The number of ether oxygens (including phenoxy) is 1. The molecule has 0 unspecified atom stereocenters. The lowest BCUT2D eigenvalue weighted by Crippen LogP contribution is -2.10. The van der Waals surface area contributed by atoms with Crippen molar-refractivity contribution in [2.75, 3.05) is 13.2 Å². The quantitative estimate of drug-likeness (QED) is 0.800. The largest absolute Gasteiger partial charge is 0.493 e. The predicted octanol–water partition coefficient (Wildman–Crippen LogP) is 2.16. The van der Waals surface area contributed by atoms with Crippen LogP contribution < -0.4 is 4.74 Å². The highest BCUT2D eigenvalue weighted by Crippen LogP contribution is 2.32. The first-order chi connectivity index (χ1) is 8.36. The fourth-order valence-electron chi connectivity index (χ4n) is 1.25. The molecule has 4 nitrogen and oxygen atoms in total. The summed E-state index contributed by atoms with van der Waals surface area (Å²) in [5, 5.41) is 17.3. The Bertz CT molecular complexity index is 429. The Hall–Kier alpha value is -1.76. The monoisotopic (exact) mass is 264 g/mol. The minimum atomic E-state index is -4.60. The van der Waals surface area contributed by atoms with Crippen LogP contribution in [0.25, 0.3) is 0 Å². The van der Waals surface area contributed by atoms with E-state index in [-0.39, 0.29) is 25.4 Å². The third-order valence-corrected chi connectivity index (χ3v) is 2.10. The first-order valence-corrected chi connectivity index (χ1v) is 5.04. The van der Waals surface area contributed by atoms with Crippen LogP contribution in [-0.4, -0.2) is 29.4 Å². The van der Waals surface area contributed by atoms with Gasteiger partial charge in [0.15, 0.2) is 0 Å². The lowest BCUT2D eigenvalue weighted by atomic mass is 10.1. The SMILES string of the molecule is O=C(O)c1cc(C(F)(F)F)ccc1OCCCO. The predicted molar refractivity (Wildman–Crippen MR) is 55.6 cm³/mol. The molecule has 0 aliphatic rings. The van der Waals surface area contributed by atoms with E-state index in [9.17, 15) is 18.0 Å². The van der Waals surface area contributed by atoms with Gasteiger partial charge in [-0.15, -0.1) is 0 Å². The van der Waals surface area contributed by atoms with Crippen molar-refractivity contribution in [3.05, 3.63) is 29.3 Å². The molecule has 7 heteroatoms. The van der Waals surface area contributed by atoms with Crippen molar-refractivity contribution in [3.8, 4) is 5.75 Å². The topological polar surface area (TPSA) is 66.8 Å². The van der Waals surface area contributed by atoms with Gasteiger partial charge in [0.1, 0.15) is 11.3 Å². The van der Waals surface area contributed by atoms with E-state index in [2.05, 4.69) is 0 Å². The molecular weight excluding hydrogens is 253 g/mol. The molecule has 0 fully saturated rings. The molecular formula is C11H11F3O4. The third-order valence-electron chi connectivity index (χ3n) is 2.10. The van der Waals surface area contributed by atoms with Crippen molar-refractivity contribution in [2.24, 2.45) is 0 Å². The number of carbonyl (C=O) groups is 1. The minimum absolute atomic E-state index is 0.0299.